The van der Waals surface area contributed by atoms with Crippen LogP contribution in [0.2, 0.25) is 0 Å². The number of nitrogens with two attached hydrogens (primary N) is 5. The van der Waals surface area contributed by atoms with Gasteiger partial charge in [0.2, 0.25) is 0 Å². The molecule has 0 aliphatic heterocycles. The summed E-state index contributed by atoms with van der Waals surface area (Å²) in [5.41, 5.74) is 27.5. The molecule has 0 aromatic rings. The van der Waals surface area contributed by atoms with Crippen LogP contribution in [-0.2, 0) is 0 Å². The lowest BCUT2D eigenvalue weighted by molar-refractivity contribution is 0.475. The van der Waals surface area contributed by atoms with Crippen molar-refractivity contribution in [1.29, 1.82) is 0 Å². The molecular formula is C5H15BIN5. The Kier molecular flexibility index (Phi) is 5.62. The largest absolute Gasteiger partial charge is 0.334 e. The second-order valence-electron chi connectivity index (χ2n) is 2.75. The molecule has 4 unspecified atom stereocenters. The fourth-order valence-corrected chi connectivity index (χ4v) is 1.64. The van der Waals surface area contributed by atoms with Crippen molar-refractivity contribution in [2.24, 2.45) is 28.7 Å². The van der Waals surface area contributed by atoms with Crippen LogP contribution in [0.15, 0.2) is 0 Å². The van der Waals surface area contributed by atoms with E-state index in [1.807, 2.05) is 0 Å². The second-order valence-corrected chi connectivity index (χ2v) is 4.19. The fraction of sp³-hybridized carbons (Fsp3) is 1.00. The monoisotopic (exact) mass is 283 g/mol. The van der Waals surface area contributed by atoms with Crippen LogP contribution in [0.25, 0.3) is 0 Å². The molecule has 10 N–H and O–H groups in total. The quantitative estimate of drug-likeness (QED) is 0.164. The van der Waals surface area contributed by atoms with E-state index < -0.39 is 24.2 Å². The Morgan fingerprint density at radius 2 is 1.33 bits per heavy atom. The van der Waals surface area contributed by atoms with E-state index in [1.165, 1.54) is 0 Å². The third kappa shape index (κ3) is 3.54. The average molecular weight is 283 g/mol. The van der Waals surface area contributed by atoms with Crippen LogP contribution in [-0.4, -0.2) is 36.0 Å². The van der Waals surface area contributed by atoms with Crippen molar-refractivity contribution in [2.45, 2.75) is 28.1 Å². The van der Waals surface area contributed by atoms with E-state index in [1.54, 1.807) is 0 Å². The van der Waals surface area contributed by atoms with Crippen molar-refractivity contribution in [1.82, 2.24) is 0 Å². The second kappa shape index (κ2) is 5.35. The van der Waals surface area contributed by atoms with Gasteiger partial charge in [0.25, 0.3) is 0 Å². The zero-order valence-corrected chi connectivity index (χ0v) is 8.89. The van der Waals surface area contributed by atoms with E-state index >= 15 is 0 Å². The van der Waals surface area contributed by atoms with E-state index in [-0.39, 0.29) is 3.92 Å². The maximum absolute atomic E-state index is 5.65. The van der Waals surface area contributed by atoms with Crippen LogP contribution in [0.1, 0.15) is 0 Å². The van der Waals surface area contributed by atoms with Crippen molar-refractivity contribution in [3.8, 4) is 0 Å². The maximum atomic E-state index is 5.65. The highest BCUT2D eigenvalue weighted by Crippen LogP contribution is 2.10. The summed E-state index contributed by atoms with van der Waals surface area (Å²) in [6.45, 7) is 0. The Morgan fingerprint density at radius 3 is 1.58 bits per heavy atom. The Balaban J connectivity index is 4.08. The Hall–Kier alpha value is 0.595. The molecule has 0 spiro atoms. The third-order valence-corrected chi connectivity index (χ3v) is 3.29. The predicted octanol–water partition coefficient (Wildman–Crippen LogP) is -2.86. The summed E-state index contributed by atoms with van der Waals surface area (Å²) in [6, 6.07) is -0.787. The lowest BCUT2D eigenvalue weighted by Crippen LogP contribution is -2.60. The van der Waals surface area contributed by atoms with Crippen molar-refractivity contribution in [2.75, 3.05) is 0 Å². The number of rotatable bonds is 4. The molecule has 0 fully saturated rings. The SMILES string of the molecule is [B]C(N)C(N)C(I)C(N)C(N)N. The van der Waals surface area contributed by atoms with Crippen molar-refractivity contribution in [3.05, 3.63) is 0 Å². The first kappa shape index (κ1) is 12.6. The first-order valence-electron chi connectivity index (χ1n) is 3.55. The third-order valence-electron chi connectivity index (χ3n) is 1.62. The number of hydrogen-bond acceptors (Lipinski definition) is 5. The number of halogens is 1. The molecule has 0 aliphatic rings. The highest BCUT2D eigenvalue weighted by molar-refractivity contribution is 14.1. The highest BCUT2D eigenvalue weighted by Gasteiger charge is 2.26. The molecule has 0 saturated carbocycles. The summed E-state index contributed by atoms with van der Waals surface area (Å²) in [5, 5.41) is 0. The topological polar surface area (TPSA) is 130 Å². The smallest absolute Gasteiger partial charge is 0.0925 e. The molecule has 0 aliphatic carbocycles. The Morgan fingerprint density at radius 1 is 0.917 bits per heavy atom. The summed E-state index contributed by atoms with van der Waals surface area (Å²) in [7, 11) is 5.39. The molecule has 0 aromatic carbocycles. The number of hydrogen-bond donors (Lipinski definition) is 5. The average Bonchev–Trinajstić information content (AvgIpc) is 2.00. The lowest BCUT2D eigenvalue weighted by atomic mass is 9.87. The molecule has 0 aromatic heterocycles. The molecule has 0 bridgehead atoms. The van der Waals surface area contributed by atoms with Gasteiger partial charge >= 0.3 is 0 Å². The van der Waals surface area contributed by atoms with Gasteiger partial charge in [0.1, 0.15) is 0 Å². The molecular weight excluding hydrogens is 268 g/mol. The van der Waals surface area contributed by atoms with Gasteiger partial charge in [0, 0.05) is 16.0 Å². The van der Waals surface area contributed by atoms with Gasteiger partial charge in [0.15, 0.2) is 0 Å². The maximum Gasteiger partial charge on any atom is 0.0925 e. The number of alkyl halides is 1. The van der Waals surface area contributed by atoms with Gasteiger partial charge in [-0.25, -0.2) is 0 Å². The van der Waals surface area contributed by atoms with Crippen LogP contribution in [0.3, 0.4) is 0 Å². The van der Waals surface area contributed by atoms with Gasteiger partial charge < -0.3 is 28.7 Å². The molecule has 7 heteroatoms. The van der Waals surface area contributed by atoms with Gasteiger partial charge in [-0.3, -0.25) is 0 Å². The molecule has 0 rings (SSSR count). The van der Waals surface area contributed by atoms with Gasteiger partial charge in [-0.15, -0.1) is 0 Å². The van der Waals surface area contributed by atoms with Gasteiger partial charge in [0.05, 0.1) is 14.0 Å². The van der Waals surface area contributed by atoms with Crippen molar-refractivity contribution >= 4 is 30.4 Å². The fourth-order valence-electron chi connectivity index (χ4n) is 0.681. The van der Waals surface area contributed by atoms with E-state index in [0.29, 0.717) is 0 Å². The molecule has 0 amide bonds. The standard InChI is InChI=1S/C5H15BIN5/c6-4(10)2(8)1(7)3(9)5(11)12/h1-5H,8-12H2. The van der Waals surface area contributed by atoms with Crippen LogP contribution >= 0.6 is 22.6 Å². The Labute approximate surface area is 87.3 Å². The van der Waals surface area contributed by atoms with Gasteiger partial charge in [-0.2, -0.15) is 0 Å². The van der Waals surface area contributed by atoms with E-state index in [9.17, 15) is 0 Å². The normalized spacial score (nSPS) is 21.9. The molecule has 70 valence electrons. The zero-order valence-electron chi connectivity index (χ0n) is 6.73. The summed E-state index contributed by atoms with van der Waals surface area (Å²) in [4.78, 5) is 0. The van der Waals surface area contributed by atoms with Crippen molar-refractivity contribution < 1.29 is 0 Å². The van der Waals surface area contributed by atoms with Crippen LogP contribution in [0.4, 0.5) is 0 Å². The van der Waals surface area contributed by atoms with E-state index in [0.717, 1.165) is 0 Å². The van der Waals surface area contributed by atoms with Gasteiger partial charge in [-0.05, 0) is 5.94 Å². The van der Waals surface area contributed by atoms with E-state index in [4.69, 9.17) is 36.5 Å². The van der Waals surface area contributed by atoms with Gasteiger partial charge in [-0.1, -0.05) is 22.6 Å². The molecule has 4 atom stereocenters. The summed E-state index contributed by atoms with van der Waals surface area (Å²) < 4.78 is -0.123. The van der Waals surface area contributed by atoms with E-state index in [2.05, 4.69) is 22.6 Å². The summed E-state index contributed by atoms with van der Waals surface area (Å²) in [6.07, 6.45) is -0.600. The minimum Gasteiger partial charge on any atom is -0.334 e. The van der Waals surface area contributed by atoms with Crippen LogP contribution in [0.5, 0.6) is 0 Å². The zero-order chi connectivity index (χ0) is 9.89. The first-order valence-corrected chi connectivity index (χ1v) is 4.80. The summed E-state index contributed by atoms with van der Waals surface area (Å²) >= 11 is 2.05. The van der Waals surface area contributed by atoms with Crippen molar-refractivity contribution in [3.63, 3.8) is 0 Å². The Bertz CT molecular complexity index is 119. The molecule has 2 radical (unpaired) electrons. The van der Waals surface area contributed by atoms with Crippen LogP contribution in [0, 0.1) is 0 Å². The highest BCUT2D eigenvalue weighted by atomic mass is 127. The molecule has 0 saturated heterocycles. The lowest BCUT2D eigenvalue weighted by Gasteiger charge is -2.29. The summed E-state index contributed by atoms with van der Waals surface area (Å²) in [5.74, 6) is -0.600. The minimum absolute atomic E-state index is 0.123. The molecule has 12 heavy (non-hydrogen) atoms. The predicted molar refractivity (Wildman–Crippen MR) is 59.7 cm³/mol. The van der Waals surface area contributed by atoms with Crippen LogP contribution < -0.4 is 28.7 Å². The molecule has 5 nitrogen and oxygen atoms in total. The molecule has 0 heterocycles. The minimum atomic E-state index is -0.600. The first-order chi connectivity index (χ1) is 5.37.